The summed E-state index contributed by atoms with van der Waals surface area (Å²) in [5.41, 5.74) is 0. The summed E-state index contributed by atoms with van der Waals surface area (Å²) < 4.78 is 4.16. The van der Waals surface area contributed by atoms with Crippen molar-refractivity contribution in [3.8, 4) is 0 Å². The summed E-state index contributed by atoms with van der Waals surface area (Å²) in [6, 6.07) is 0. The minimum absolute atomic E-state index is 0.181. The molecule has 4 nitrogen and oxygen atoms in total. The van der Waals surface area contributed by atoms with Crippen molar-refractivity contribution < 1.29 is 14.3 Å². The van der Waals surface area contributed by atoms with E-state index in [1.807, 2.05) is 0 Å². The highest BCUT2D eigenvalue weighted by atomic mass is 16.5. The predicted octanol–water partition coefficient (Wildman–Crippen LogP) is -1.08. The van der Waals surface area contributed by atoms with Crippen LogP contribution >= 0.6 is 0 Å². The molecule has 8 heavy (non-hydrogen) atoms. The molecule has 0 aliphatic carbocycles. The molecule has 1 radical (unpaired) electrons. The number of carbonyl (C=O) groups is 2. The third kappa shape index (κ3) is 3.14. The van der Waals surface area contributed by atoms with Crippen LogP contribution in [0.25, 0.3) is 0 Å². The normalized spacial score (nSPS) is 7.62. The van der Waals surface area contributed by atoms with E-state index in [0.717, 1.165) is 0 Å². The van der Waals surface area contributed by atoms with Crippen molar-refractivity contribution in [1.82, 2.24) is 5.32 Å². The molecule has 0 aromatic rings. The molecule has 0 N–H and O–H groups in total. The Balaban J connectivity index is 3.11. The van der Waals surface area contributed by atoms with E-state index < -0.39 is 5.97 Å². The molecular weight excluding hydrogens is 110 g/mol. The first kappa shape index (κ1) is 6.94. The Hall–Kier alpha value is -1.06. The minimum atomic E-state index is -0.503. The van der Waals surface area contributed by atoms with E-state index in [4.69, 9.17) is 0 Å². The topological polar surface area (TPSA) is 57.5 Å². The van der Waals surface area contributed by atoms with E-state index in [-0.39, 0.29) is 6.54 Å². The zero-order chi connectivity index (χ0) is 6.41. The third-order valence-electron chi connectivity index (χ3n) is 0.523. The first-order valence-electron chi connectivity index (χ1n) is 1.98. The highest BCUT2D eigenvalue weighted by Crippen LogP contribution is 1.66. The first-order valence-corrected chi connectivity index (χ1v) is 1.98. The van der Waals surface area contributed by atoms with Crippen LogP contribution in [0, 0.1) is 0 Å². The minimum Gasteiger partial charge on any atom is -0.468 e. The molecule has 0 atom stereocenters. The quantitative estimate of drug-likeness (QED) is 0.348. The number of carbonyl (C=O) groups excluding carboxylic acids is 2. The number of hydrogen-bond donors (Lipinski definition) is 0. The van der Waals surface area contributed by atoms with Crippen molar-refractivity contribution in [2.75, 3.05) is 13.7 Å². The molecule has 4 heteroatoms. The number of hydrogen-bond acceptors (Lipinski definition) is 3. The smallest absolute Gasteiger partial charge is 0.327 e. The lowest BCUT2D eigenvalue weighted by molar-refractivity contribution is -0.140. The molecule has 0 aromatic heterocycles. The Morgan fingerprint density at radius 1 is 1.88 bits per heavy atom. The lowest BCUT2D eigenvalue weighted by Crippen LogP contribution is -2.15. The largest absolute Gasteiger partial charge is 0.468 e. The van der Waals surface area contributed by atoms with Gasteiger partial charge in [-0.05, 0) is 0 Å². The summed E-state index contributed by atoms with van der Waals surface area (Å²) in [5.74, 6) is -0.503. The van der Waals surface area contributed by atoms with Gasteiger partial charge in [0, 0.05) is 0 Å². The van der Waals surface area contributed by atoms with Gasteiger partial charge in [-0.2, -0.15) is 0 Å². The van der Waals surface area contributed by atoms with Gasteiger partial charge in [0.15, 0.2) is 0 Å². The molecule has 0 aliphatic rings. The molecule has 0 bridgehead atoms. The van der Waals surface area contributed by atoms with Crippen LogP contribution in [0.5, 0.6) is 0 Å². The molecule has 0 saturated carbocycles. The van der Waals surface area contributed by atoms with Crippen molar-refractivity contribution in [3.05, 3.63) is 0 Å². The van der Waals surface area contributed by atoms with Gasteiger partial charge in [0.2, 0.25) is 6.41 Å². The highest BCUT2D eigenvalue weighted by Gasteiger charge is 1.95. The van der Waals surface area contributed by atoms with Crippen LogP contribution in [0.1, 0.15) is 0 Å². The summed E-state index contributed by atoms with van der Waals surface area (Å²) in [7, 11) is 1.24. The zero-order valence-electron chi connectivity index (χ0n) is 4.46. The van der Waals surface area contributed by atoms with E-state index in [1.165, 1.54) is 7.11 Å². The van der Waals surface area contributed by atoms with E-state index in [2.05, 4.69) is 10.1 Å². The Morgan fingerprint density at radius 2 is 2.50 bits per heavy atom. The fourth-order valence-corrected chi connectivity index (χ4v) is 0.176. The molecule has 0 rings (SSSR count). The SMILES string of the molecule is COC(=O)C[N]C=O. The van der Waals surface area contributed by atoms with E-state index in [9.17, 15) is 9.59 Å². The fraction of sp³-hybridized carbons (Fsp3) is 0.500. The van der Waals surface area contributed by atoms with Crippen molar-refractivity contribution in [1.29, 1.82) is 0 Å². The van der Waals surface area contributed by atoms with E-state index in [0.29, 0.717) is 6.41 Å². The maximum absolute atomic E-state index is 10.1. The molecule has 1 amide bonds. The second-order valence-electron chi connectivity index (χ2n) is 1.02. The molecule has 0 unspecified atom stereocenters. The molecule has 0 heterocycles. The summed E-state index contributed by atoms with van der Waals surface area (Å²) >= 11 is 0. The van der Waals surface area contributed by atoms with Crippen LogP contribution in [0.3, 0.4) is 0 Å². The van der Waals surface area contributed by atoms with E-state index >= 15 is 0 Å². The van der Waals surface area contributed by atoms with Crippen LogP contribution in [-0.2, 0) is 14.3 Å². The Labute approximate surface area is 46.8 Å². The Kier molecular flexibility index (Phi) is 3.56. The van der Waals surface area contributed by atoms with Crippen molar-refractivity contribution >= 4 is 12.4 Å². The standard InChI is InChI=1S/C4H6NO3/c1-8-4(7)2-5-3-6/h3H,2H2,1H3. The second kappa shape index (κ2) is 4.11. The Morgan fingerprint density at radius 3 is 2.88 bits per heavy atom. The van der Waals surface area contributed by atoms with Gasteiger partial charge in [-0.15, -0.1) is 0 Å². The molecule has 0 spiro atoms. The second-order valence-corrected chi connectivity index (χ2v) is 1.02. The van der Waals surface area contributed by atoms with Crippen LogP contribution in [0.4, 0.5) is 0 Å². The van der Waals surface area contributed by atoms with Crippen LogP contribution in [0.15, 0.2) is 0 Å². The number of methoxy groups -OCH3 is 1. The van der Waals surface area contributed by atoms with Gasteiger partial charge in [-0.3, -0.25) is 9.59 Å². The zero-order valence-corrected chi connectivity index (χ0v) is 4.46. The molecule has 0 saturated heterocycles. The van der Waals surface area contributed by atoms with E-state index in [1.54, 1.807) is 0 Å². The number of amides is 1. The Bertz CT molecular complexity index is 91.3. The lowest BCUT2D eigenvalue weighted by Gasteiger charge is -1.91. The molecule has 45 valence electrons. The van der Waals surface area contributed by atoms with Gasteiger partial charge in [0.25, 0.3) is 0 Å². The van der Waals surface area contributed by atoms with Gasteiger partial charge in [-0.1, -0.05) is 0 Å². The molecule has 0 aliphatic heterocycles. The van der Waals surface area contributed by atoms with Crippen molar-refractivity contribution in [2.45, 2.75) is 0 Å². The van der Waals surface area contributed by atoms with Gasteiger partial charge in [0.1, 0.15) is 6.54 Å². The molecular formula is C4H6NO3. The number of esters is 1. The number of nitrogens with zero attached hydrogens (tertiary/aromatic N) is 1. The fourth-order valence-electron chi connectivity index (χ4n) is 0.176. The van der Waals surface area contributed by atoms with Crippen molar-refractivity contribution in [3.63, 3.8) is 0 Å². The van der Waals surface area contributed by atoms with Gasteiger partial charge in [0.05, 0.1) is 7.11 Å². The first-order chi connectivity index (χ1) is 3.81. The average Bonchev–Trinajstić information content (AvgIpc) is 1.83. The van der Waals surface area contributed by atoms with Crippen LogP contribution < -0.4 is 5.32 Å². The monoisotopic (exact) mass is 116 g/mol. The molecule has 0 aromatic carbocycles. The average molecular weight is 116 g/mol. The maximum Gasteiger partial charge on any atom is 0.327 e. The van der Waals surface area contributed by atoms with Gasteiger partial charge in [-0.25, -0.2) is 5.32 Å². The summed E-state index contributed by atoms with van der Waals surface area (Å²) in [6.45, 7) is -0.181. The summed E-state index contributed by atoms with van der Waals surface area (Å²) in [4.78, 5) is 19.5. The molecule has 0 fully saturated rings. The van der Waals surface area contributed by atoms with Crippen molar-refractivity contribution in [2.24, 2.45) is 0 Å². The van der Waals surface area contributed by atoms with Crippen LogP contribution in [0.2, 0.25) is 0 Å². The predicted molar refractivity (Wildman–Crippen MR) is 25.1 cm³/mol. The third-order valence-corrected chi connectivity index (χ3v) is 0.523. The van der Waals surface area contributed by atoms with Gasteiger partial charge >= 0.3 is 5.97 Å². The number of rotatable bonds is 3. The lowest BCUT2D eigenvalue weighted by atomic mass is 10.7. The van der Waals surface area contributed by atoms with Gasteiger partial charge < -0.3 is 4.74 Å². The number of ether oxygens (including phenoxy) is 1. The maximum atomic E-state index is 10.1. The summed E-state index contributed by atoms with van der Waals surface area (Å²) in [6.07, 6.45) is 0.316. The summed E-state index contributed by atoms with van der Waals surface area (Å²) in [5, 5.41) is 3.09. The highest BCUT2D eigenvalue weighted by molar-refractivity contribution is 5.73. The van der Waals surface area contributed by atoms with Crippen LogP contribution in [-0.4, -0.2) is 26.0 Å².